The summed E-state index contributed by atoms with van der Waals surface area (Å²) < 4.78 is 11.4. The van der Waals surface area contributed by atoms with E-state index in [0.717, 1.165) is 29.9 Å². The molecule has 0 aliphatic carbocycles. The SMILES string of the molecule is COc1cc(C[NH2+]Cc2ccccn2)ccc1OCc1ccc(Cl)cc1Cl. The smallest absolute Gasteiger partial charge is 0.161 e. The van der Waals surface area contributed by atoms with E-state index in [-0.39, 0.29) is 0 Å². The Labute approximate surface area is 169 Å². The molecule has 0 radical (unpaired) electrons. The Morgan fingerprint density at radius 3 is 2.59 bits per heavy atom. The Balaban J connectivity index is 1.60. The van der Waals surface area contributed by atoms with Gasteiger partial charge in [-0.1, -0.05) is 35.3 Å². The van der Waals surface area contributed by atoms with Gasteiger partial charge in [0.25, 0.3) is 0 Å². The maximum Gasteiger partial charge on any atom is 0.161 e. The van der Waals surface area contributed by atoms with Crippen molar-refractivity contribution in [3.8, 4) is 11.5 Å². The zero-order chi connectivity index (χ0) is 19.1. The Bertz CT molecular complexity index is 889. The van der Waals surface area contributed by atoms with Crippen LogP contribution in [0.3, 0.4) is 0 Å². The van der Waals surface area contributed by atoms with Gasteiger partial charge in [-0.2, -0.15) is 0 Å². The van der Waals surface area contributed by atoms with E-state index in [0.29, 0.717) is 28.2 Å². The van der Waals surface area contributed by atoms with Crippen LogP contribution in [-0.4, -0.2) is 12.1 Å². The molecule has 0 fully saturated rings. The summed E-state index contributed by atoms with van der Waals surface area (Å²) in [4.78, 5) is 4.33. The van der Waals surface area contributed by atoms with Crippen molar-refractivity contribution in [2.45, 2.75) is 19.7 Å². The van der Waals surface area contributed by atoms with Crippen molar-refractivity contribution in [2.24, 2.45) is 0 Å². The highest BCUT2D eigenvalue weighted by Crippen LogP contribution is 2.30. The van der Waals surface area contributed by atoms with Gasteiger partial charge in [-0.05, 0) is 42.5 Å². The van der Waals surface area contributed by atoms with Crippen LogP contribution in [0.25, 0.3) is 0 Å². The number of hydrogen-bond donors (Lipinski definition) is 1. The highest BCUT2D eigenvalue weighted by atomic mass is 35.5. The second-order valence-electron chi connectivity index (χ2n) is 6.03. The minimum Gasteiger partial charge on any atom is -0.493 e. The third kappa shape index (κ3) is 5.60. The largest absolute Gasteiger partial charge is 0.493 e. The van der Waals surface area contributed by atoms with Crippen molar-refractivity contribution in [1.82, 2.24) is 4.98 Å². The average molecular weight is 404 g/mol. The number of ether oxygens (including phenoxy) is 2. The molecule has 0 spiro atoms. The lowest BCUT2D eigenvalue weighted by Crippen LogP contribution is -2.80. The molecular weight excluding hydrogens is 383 g/mol. The van der Waals surface area contributed by atoms with Gasteiger partial charge in [0.15, 0.2) is 11.5 Å². The van der Waals surface area contributed by atoms with Crippen molar-refractivity contribution >= 4 is 23.2 Å². The van der Waals surface area contributed by atoms with Gasteiger partial charge >= 0.3 is 0 Å². The first-order chi connectivity index (χ1) is 13.2. The van der Waals surface area contributed by atoms with Crippen LogP contribution in [0.15, 0.2) is 60.8 Å². The van der Waals surface area contributed by atoms with Crippen molar-refractivity contribution in [1.29, 1.82) is 0 Å². The van der Waals surface area contributed by atoms with Crippen molar-refractivity contribution in [3.63, 3.8) is 0 Å². The van der Waals surface area contributed by atoms with Crippen LogP contribution in [0, 0.1) is 0 Å². The summed E-state index contributed by atoms with van der Waals surface area (Å²) >= 11 is 12.1. The average Bonchev–Trinajstić information content (AvgIpc) is 2.68. The van der Waals surface area contributed by atoms with E-state index in [1.54, 1.807) is 19.2 Å². The number of hydrogen-bond acceptors (Lipinski definition) is 3. The quantitative estimate of drug-likeness (QED) is 0.611. The zero-order valence-corrected chi connectivity index (χ0v) is 16.5. The fourth-order valence-corrected chi connectivity index (χ4v) is 3.12. The minimum atomic E-state index is 0.345. The van der Waals surface area contributed by atoms with Crippen LogP contribution in [0.5, 0.6) is 11.5 Å². The molecule has 0 bridgehead atoms. The first kappa shape index (κ1) is 19.5. The third-order valence-electron chi connectivity index (χ3n) is 4.09. The van der Waals surface area contributed by atoms with Gasteiger partial charge in [0, 0.05) is 27.4 Å². The van der Waals surface area contributed by atoms with Crippen molar-refractivity contribution in [3.05, 3.63) is 87.7 Å². The molecule has 1 aromatic heterocycles. The zero-order valence-electron chi connectivity index (χ0n) is 15.0. The Hall–Kier alpha value is -2.27. The fraction of sp³-hybridized carbons (Fsp3) is 0.190. The predicted molar refractivity (Wildman–Crippen MR) is 107 cm³/mol. The molecule has 27 heavy (non-hydrogen) atoms. The number of nitrogens with two attached hydrogens (primary N) is 1. The molecule has 4 nitrogen and oxygen atoms in total. The summed E-state index contributed by atoms with van der Waals surface area (Å²) in [6, 6.07) is 17.3. The van der Waals surface area contributed by atoms with E-state index in [9.17, 15) is 0 Å². The van der Waals surface area contributed by atoms with Gasteiger partial charge in [-0.15, -0.1) is 0 Å². The highest BCUT2D eigenvalue weighted by Gasteiger charge is 2.09. The second-order valence-corrected chi connectivity index (χ2v) is 6.87. The lowest BCUT2D eigenvalue weighted by atomic mass is 10.2. The van der Waals surface area contributed by atoms with Crippen LogP contribution in [-0.2, 0) is 19.7 Å². The molecule has 6 heteroatoms. The Morgan fingerprint density at radius 1 is 0.963 bits per heavy atom. The molecule has 0 aliphatic heterocycles. The summed E-state index contributed by atoms with van der Waals surface area (Å²) in [5.74, 6) is 1.38. The number of aromatic nitrogens is 1. The molecule has 3 rings (SSSR count). The molecular formula is C21H21Cl2N2O2+. The fourth-order valence-electron chi connectivity index (χ4n) is 2.66. The van der Waals surface area contributed by atoms with E-state index in [1.807, 2.05) is 48.7 Å². The Kier molecular flexibility index (Phi) is 6.93. The van der Waals surface area contributed by atoms with Crippen LogP contribution in [0.2, 0.25) is 10.0 Å². The number of pyridine rings is 1. The summed E-state index contributed by atoms with van der Waals surface area (Å²) in [6.45, 7) is 2.00. The van der Waals surface area contributed by atoms with E-state index < -0.39 is 0 Å². The molecule has 0 saturated carbocycles. The number of halogens is 2. The van der Waals surface area contributed by atoms with Crippen molar-refractivity contribution in [2.75, 3.05) is 7.11 Å². The van der Waals surface area contributed by atoms with Crippen LogP contribution in [0.4, 0.5) is 0 Å². The van der Waals surface area contributed by atoms with Gasteiger partial charge < -0.3 is 14.8 Å². The first-order valence-corrected chi connectivity index (χ1v) is 9.36. The standard InChI is InChI=1S/C21H20Cl2N2O2/c1-26-21-10-15(12-24-13-18-4-2-3-9-25-18)5-8-20(21)27-14-16-6-7-17(22)11-19(16)23/h2-11,24H,12-14H2,1H3/p+1. The van der Waals surface area contributed by atoms with E-state index in [4.69, 9.17) is 32.7 Å². The molecule has 140 valence electrons. The number of rotatable bonds is 8. The maximum absolute atomic E-state index is 6.20. The monoisotopic (exact) mass is 403 g/mol. The van der Waals surface area contributed by atoms with Crippen molar-refractivity contribution < 1.29 is 14.8 Å². The van der Waals surface area contributed by atoms with Gasteiger partial charge in [0.05, 0.1) is 12.8 Å². The lowest BCUT2D eigenvalue weighted by molar-refractivity contribution is -0.686. The van der Waals surface area contributed by atoms with E-state index in [2.05, 4.69) is 10.3 Å². The maximum atomic E-state index is 6.20. The number of quaternary nitrogens is 1. The first-order valence-electron chi connectivity index (χ1n) is 8.61. The normalized spacial score (nSPS) is 10.6. The topological polar surface area (TPSA) is 48.0 Å². The molecule has 0 aliphatic rings. The second kappa shape index (κ2) is 9.60. The molecule has 2 aromatic carbocycles. The summed E-state index contributed by atoms with van der Waals surface area (Å²) in [5.41, 5.74) is 3.08. The number of benzene rings is 2. The van der Waals surface area contributed by atoms with E-state index in [1.165, 1.54) is 0 Å². The van der Waals surface area contributed by atoms with E-state index >= 15 is 0 Å². The van der Waals surface area contributed by atoms with Crippen LogP contribution in [0.1, 0.15) is 16.8 Å². The number of methoxy groups -OCH3 is 1. The molecule has 3 aromatic rings. The third-order valence-corrected chi connectivity index (χ3v) is 4.67. The van der Waals surface area contributed by atoms with Crippen LogP contribution < -0.4 is 14.8 Å². The highest BCUT2D eigenvalue weighted by molar-refractivity contribution is 6.35. The Morgan fingerprint density at radius 2 is 1.85 bits per heavy atom. The molecule has 2 N–H and O–H groups in total. The van der Waals surface area contributed by atoms with Gasteiger partial charge in [-0.3, -0.25) is 4.98 Å². The number of nitrogens with zero attached hydrogens (tertiary/aromatic N) is 1. The lowest BCUT2D eigenvalue weighted by Gasteiger charge is -2.13. The van der Waals surface area contributed by atoms with Gasteiger partial charge in [0.1, 0.15) is 19.7 Å². The van der Waals surface area contributed by atoms with Crippen LogP contribution >= 0.6 is 23.2 Å². The van der Waals surface area contributed by atoms with Gasteiger partial charge in [0.2, 0.25) is 0 Å². The molecule has 0 unspecified atom stereocenters. The summed E-state index contributed by atoms with van der Waals surface area (Å²) in [5, 5.41) is 3.39. The molecule has 1 heterocycles. The summed E-state index contributed by atoms with van der Waals surface area (Å²) in [7, 11) is 1.64. The van der Waals surface area contributed by atoms with Gasteiger partial charge in [-0.25, -0.2) is 0 Å². The molecule has 0 atom stereocenters. The molecule has 0 saturated heterocycles. The summed E-state index contributed by atoms with van der Waals surface area (Å²) in [6.07, 6.45) is 1.81. The predicted octanol–water partition coefficient (Wildman–Crippen LogP) is 4.24. The minimum absolute atomic E-state index is 0.345. The molecule has 0 amide bonds.